The normalized spacial score (nSPS) is 22.4. The number of likely N-dealkylation sites (tertiary alicyclic amines) is 1. The molecule has 2 aromatic heterocycles. The van der Waals surface area contributed by atoms with Crippen LogP contribution in [0.1, 0.15) is 50.8 Å². The predicted molar refractivity (Wildman–Crippen MR) is 114 cm³/mol. The highest BCUT2D eigenvalue weighted by atomic mass is 16.6. The van der Waals surface area contributed by atoms with Crippen LogP contribution >= 0.6 is 0 Å². The van der Waals surface area contributed by atoms with Crippen LogP contribution in [0.25, 0.3) is 22.2 Å². The van der Waals surface area contributed by atoms with Gasteiger partial charge in [-0.3, -0.25) is 9.67 Å². The van der Waals surface area contributed by atoms with E-state index in [0.29, 0.717) is 6.04 Å². The Morgan fingerprint density at radius 2 is 1.97 bits per heavy atom. The number of rotatable bonds is 2. The third-order valence-electron chi connectivity index (χ3n) is 7.08. The first kappa shape index (κ1) is 17.9. The van der Waals surface area contributed by atoms with Crippen LogP contribution < -0.4 is 0 Å². The Bertz CT molecular complexity index is 1130. The summed E-state index contributed by atoms with van der Waals surface area (Å²) in [4.78, 5) is 19.0. The lowest BCUT2D eigenvalue weighted by atomic mass is 9.75. The molecule has 1 spiro atoms. The van der Waals surface area contributed by atoms with Crippen molar-refractivity contribution in [2.45, 2.75) is 56.6 Å². The van der Waals surface area contributed by atoms with Crippen molar-refractivity contribution in [1.82, 2.24) is 19.7 Å². The lowest BCUT2D eigenvalue weighted by molar-refractivity contribution is 0.0154. The van der Waals surface area contributed by atoms with Gasteiger partial charge in [0.15, 0.2) is 0 Å². The van der Waals surface area contributed by atoms with Crippen LogP contribution in [-0.2, 0) is 10.2 Å². The van der Waals surface area contributed by atoms with Gasteiger partial charge in [0.25, 0.3) is 0 Å². The maximum absolute atomic E-state index is 12.5. The molecule has 1 aromatic carbocycles. The fourth-order valence-corrected chi connectivity index (χ4v) is 5.56. The molecule has 6 nitrogen and oxygen atoms in total. The standard InChI is InChI=1S/C24H26N4O2/c1-16-12-24(14-27(15-24)23(29)30-19-7-3-4-8-19)22-11-21(26-28(16)22)18-10-17-6-2-5-9-20(17)25-13-18/h2,5-6,9-11,13,16,19H,3-4,7-8,12,14-15H2,1H3/t16-/m1/s1. The van der Waals surface area contributed by atoms with Gasteiger partial charge in [0, 0.05) is 41.3 Å². The van der Waals surface area contributed by atoms with Gasteiger partial charge >= 0.3 is 6.09 Å². The SMILES string of the molecule is C[C@@H]1CC2(CN(C(=O)OC3CCCC3)C2)c2cc(-c3cnc4ccccc4c3)nn21. The molecule has 2 fully saturated rings. The number of pyridine rings is 1. The minimum atomic E-state index is -0.142. The van der Waals surface area contributed by atoms with Crippen molar-refractivity contribution in [2.75, 3.05) is 13.1 Å². The summed E-state index contributed by atoms with van der Waals surface area (Å²) in [6, 6.07) is 12.8. The quantitative estimate of drug-likeness (QED) is 0.624. The van der Waals surface area contributed by atoms with Crippen LogP contribution in [0.5, 0.6) is 0 Å². The number of para-hydroxylation sites is 1. The number of amides is 1. The summed E-state index contributed by atoms with van der Waals surface area (Å²) >= 11 is 0. The summed E-state index contributed by atoms with van der Waals surface area (Å²) in [6.45, 7) is 3.67. The zero-order valence-electron chi connectivity index (χ0n) is 17.3. The van der Waals surface area contributed by atoms with Gasteiger partial charge in [-0.15, -0.1) is 0 Å². The summed E-state index contributed by atoms with van der Waals surface area (Å²) in [6.07, 6.45) is 7.28. The summed E-state index contributed by atoms with van der Waals surface area (Å²) in [7, 11) is 0. The second-order valence-electron chi connectivity index (χ2n) is 9.26. The average molecular weight is 402 g/mol. The Morgan fingerprint density at radius 1 is 1.17 bits per heavy atom. The number of hydrogen-bond acceptors (Lipinski definition) is 4. The second kappa shape index (κ2) is 6.56. The Hall–Kier alpha value is -2.89. The molecule has 0 radical (unpaired) electrons. The molecule has 154 valence electrons. The van der Waals surface area contributed by atoms with Crippen molar-refractivity contribution in [1.29, 1.82) is 0 Å². The number of ether oxygens (including phenoxy) is 1. The minimum Gasteiger partial charge on any atom is -0.446 e. The third-order valence-corrected chi connectivity index (χ3v) is 7.08. The highest BCUT2D eigenvalue weighted by molar-refractivity contribution is 5.82. The van der Waals surface area contributed by atoms with E-state index in [1.807, 2.05) is 29.3 Å². The first-order chi connectivity index (χ1) is 14.6. The van der Waals surface area contributed by atoms with E-state index >= 15 is 0 Å². The number of hydrogen-bond donors (Lipinski definition) is 0. The summed E-state index contributed by atoms with van der Waals surface area (Å²) in [5.74, 6) is 0. The lowest BCUT2D eigenvalue weighted by Gasteiger charge is -2.47. The molecule has 0 N–H and O–H groups in total. The van der Waals surface area contributed by atoms with Crippen LogP contribution in [0.4, 0.5) is 4.79 Å². The molecule has 1 saturated carbocycles. The Morgan fingerprint density at radius 3 is 2.80 bits per heavy atom. The molecule has 3 aliphatic rings. The van der Waals surface area contributed by atoms with Crippen LogP contribution in [0, 0.1) is 0 Å². The molecule has 0 unspecified atom stereocenters. The van der Waals surface area contributed by atoms with Crippen LogP contribution in [0.2, 0.25) is 0 Å². The van der Waals surface area contributed by atoms with Gasteiger partial charge in [-0.1, -0.05) is 18.2 Å². The molecule has 3 aromatic rings. The van der Waals surface area contributed by atoms with Crippen molar-refractivity contribution in [3.05, 3.63) is 48.3 Å². The van der Waals surface area contributed by atoms with E-state index in [9.17, 15) is 4.79 Å². The van der Waals surface area contributed by atoms with Crippen molar-refractivity contribution in [3.63, 3.8) is 0 Å². The molecule has 1 amide bonds. The van der Waals surface area contributed by atoms with Gasteiger partial charge < -0.3 is 9.64 Å². The number of carbonyl (C=O) groups excluding carboxylic acids is 1. The molecule has 1 atom stereocenters. The molecular formula is C24H26N4O2. The fourth-order valence-electron chi connectivity index (χ4n) is 5.56. The molecule has 6 heteroatoms. The molecule has 1 saturated heterocycles. The Balaban J connectivity index is 1.24. The number of aromatic nitrogens is 3. The monoisotopic (exact) mass is 402 g/mol. The van der Waals surface area contributed by atoms with E-state index in [1.165, 1.54) is 18.5 Å². The Labute approximate surface area is 175 Å². The summed E-state index contributed by atoms with van der Waals surface area (Å²) < 4.78 is 7.86. The van der Waals surface area contributed by atoms with Gasteiger partial charge in [-0.05, 0) is 57.2 Å². The zero-order chi connectivity index (χ0) is 20.3. The van der Waals surface area contributed by atoms with Gasteiger partial charge in [0.05, 0.1) is 17.3 Å². The van der Waals surface area contributed by atoms with E-state index in [2.05, 4.69) is 34.8 Å². The summed E-state index contributed by atoms with van der Waals surface area (Å²) in [5, 5.41) is 6.04. The van der Waals surface area contributed by atoms with Crippen molar-refractivity contribution < 1.29 is 9.53 Å². The van der Waals surface area contributed by atoms with Gasteiger partial charge in [-0.25, -0.2) is 4.79 Å². The number of fused-ring (bicyclic) bond motifs is 3. The van der Waals surface area contributed by atoms with Crippen LogP contribution in [-0.4, -0.2) is 45.0 Å². The van der Waals surface area contributed by atoms with Crippen molar-refractivity contribution >= 4 is 17.0 Å². The van der Waals surface area contributed by atoms with Gasteiger partial charge in [0.1, 0.15) is 6.10 Å². The molecule has 0 bridgehead atoms. The van der Waals surface area contributed by atoms with Crippen molar-refractivity contribution in [2.24, 2.45) is 0 Å². The zero-order valence-corrected chi connectivity index (χ0v) is 17.3. The topological polar surface area (TPSA) is 60.3 Å². The maximum Gasteiger partial charge on any atom is 0.410 e. The molecule has 2 aliphatic heterocycles. The minimum absolute atomic E-state index is 0.00361. The number of carbonyl (C=O) groups is 1. The Kier molecular flexibility index (Phi) is 3.92. The molecule has 6 rings (SSSR count). The highest BCUT2D eigenvalue weighted by Gasteiger charge is 2.54. The maximum atomic E-state index is 12.5. The number of benzene rings is 1. The predicted octanol–water partition coefficient (Wildman–Crippen LogP) is 4.70. The largest absolute Gasteiger partial charge is 0.446 e. The van der Waals surface area contributed by atoms with E-state index in [0.717, 1.165) is 54.5 Å². The van der Waals surface area contributed by atoms with Gasteiger partial charge in [0.2, 0.25) is 0 Å². The first-order valence-corrected chi connectivity index (χ1v) is 11.0. The molecule has 30 heavy (non-hydrogen) atoms. The third kappa shape index (κ3) is 2.73. The van der Waals surface area contributed by atoms with E-state index in [4.69, 9.17) is 9.84 Å². The molecule has 4 heterocycles. The van der Waals surface area contributed by atoms with E-state index in [1.54, 1.807) is 0 Å². The van der Waals surface area contributed by atoms with Crippen LogP contribution in [0.3, 0.4) is 0 Å². The van der Waals surface area contributed by atoms with Crippen LogP contribution in [0.15, 0.2) is 42.6 Å². The smallest absolute Gasteiger partial charge is 0.410 e. The van der Waals surface area contributed by atoms with E-state index in [-0.39, 0.29) is 17.6 Å². The summed E-state index contributed by atoms with van der Waals surface area (Å²) in [5.41, 5.74) is 4.23. The second-order valence-corrected chi connectivity index (χ2v) is 9.26. The van der Waals surface area contributed by atoms with E-state index < -0.39 is 0 Å². The fraction of sp³-hybridized carbons (Fsp3) is 0.458. The van der Waals surface area contributed by atoms with Gasteiger partial charge in [-0.2, -0.15) is 5.10 Å². The molecule has 1 aliphatic carbocycles. The van der Waals surface area contributed by atoms with Crippen molar-refractivity contribution in [3.8, 4) is 11.3 Å². The highest BCUT2D eigenvalue weighted by Crippen LogP contribution is 2.48. The number of nitrogens with zero attached hydrogens (tertiary/aromatic N) is 4. The lowest BCUT2D eigenvalue weighted by Crippen LogP contribution is -2.60. The first-order valence-electron chi connectivity index (χ1n) is 11.0. The average Bonchev–Trinajstić information content (AvgIpc) is 3.44. The molecular weight excluding hydrogens is 376 g/mol.